The van der Waals surface area contributed by atoms with E-state index in [9.17, 15) is 9.59 Å². The minimum absolute atomic E-state index is 0.0365. The molecule has 1 rings (SSSR count). The molecule has 0 bridgehead atoms. The standard InChI is InChI=1S/C14H15Cl2NO3/c1-14(2,13(19)20)8-17-11(18)7-6-9-4-3-5-10(15)12(9)16/h3-7H,8H2,1-2H3,(H,17,18)(H,19,20)/b7-6+. The molecule has 108 valence electrons. The summed E-state index contributed by atoms with van der Waals surface area (Å²) >= 11 is 11.8. The van der Waals surface area contributed by atoms with Gasteiger partial charge >= 0.3 is 5.97 Å². The minimum atomic E-state index is -1.02. The van der Waals surface area contributed by atoms with Crippen LogP contribution in [0.2, 0.25) is 10.0 Å². The van der Waals surface area contributed by atoms with Crippen LogP contribution in [0.15, 0.2) is 24.3 Å². The molecule has 0 aliphatic carbocycles. The first kappa shape index (κ1) is 16.5. The summed E-state index contributed by atoms with van der Waals surface area (Å²) in [4.78, 5) is 22.5. The van der Waals surface area contributed by atoms with E-state index in [2.05, 4.69) is 5.32 Å². The van der Waals surface area contributed by atoms with E-state index in [1.165, 1.54) is 26.0 Å². The van der Waals surface area contributed by atoms with E-state index in [0.717, 1.165) is 0 Å². The highest BCUT2D eigenvalue weighted by atomic mass is 35.5. The summed E-state index contributed by atoms with van der Waals surface area (Å²) in [6, 6.07) is 5.09. The highest BCUT2D eigenvalue weighted by molar-refractivity contribution is 6.42. The van der Waals surface area contributed by atoms with Gasteiger partial charge in [0.25, 0.3) is 0 Å². The van der Waals surface area contributed by atoms with Gasteiger partial charge in [-0.2, -0.15) is 0 Å². The van der Waals surface area contributed by atoms with Crippen molar-refractivity contribution in [3.63, 3.8) is 0 Å². The summed E-state index contributed by atoms with van der Waals surface area (Å²) in [7, 11) is 0. The van der Waals surface area contributed by atoms with Gasteiger partial charge in [-0.15, -0.1) is 0 Å². The molecule has 1 amide bonds. The summed E-state index contributed by atoms with van der Waals surface area (Å²) in [5, 5.41) is 12.2. The molecule has 0 aromatic heterocycles. The van der Waals surface area contributed by atoms with Crippen LogP contribution in [0.3, 0.4) is 0 Å². The van der Waals surface area contributed by atoms with Crippen molar-refractivity contribution in [1.29, 1.82) is 0 Å². The smallest absolute Gasteiger partial charge is 0.310 e. The molecule has 4 nitrogen and oxygen atoms in total. The summed E-state index contributed by atoms with van der Waals surface area (Å²) in [6.07, 6.45) is 2.81. The number of carboxylic acids is 1. The van der Waals surface area contributed by atoms with Crippen LogP contribution in [-0.2, 0) is 9.59 Å². The number of carbonyl (C=O) groups excluding carboxylic acids is 1. The normalized spacial score (nSPS) is 11.6. The Balaban J connectivity index is 2.65. The third-order valence-corrected chi connectivity index (χ3v) is 3.51. The third kappa shape index (κ3) is 4.54. The van der Waals surface area contributed by atoms with Crippen LogP contribution >= 0.6 is 23.2 Å². The van der Waals surface area contributed by atoms with Crippen LogP contribution in [0.4, 0.5) is 0 Å². The van der Waals surface area contributed by atoms with Crippen molar-refractivity contribution in [3.05, 3.63) is 39.9 Å². The molecular weight excluding hydrogens is 301 g/mol. The quantitative estimate of drug-likeness (QED) is 0.820. The van der Waals surface area contributed by atoms with Crippen molar-refractivity contribution in [2.24, 2.45) is 5.41 Å². The molecule has 20 heavy (non-hydrogen) atoms. The Morgan fingerprint density at radius 3 is 2.60 bits per heavy atom. The summed E-state index contributed by atoms with van der Waals surface area (Å²) in [5.41, 5.74) is -0.399. The van der Waals surface area contributed by atoms with E-state index in [0.29, 0.717) is 15.6 Å². The SMILES string of the molecule is CC(C)(CNC(=O)/C=C/c1cccc(Cl)c1Cl)C(=O)O. The van der Waals surface area contributed by atoms with E-state index in [1.807, 2.05) is 0 Å². The van der Waals surface area contributed by atoms with Crippen molar-refractivity contribution in [3.8, 4) is 0 Å². The topological polar surface area (TPSA) is 66.4 Å². The van der Waals surface area contributed by atoms with Crippen LogP contribution in [0.1, 0.15) is 19.4 Å². The van der Waals surface area contributed by atoms with Gasteiger partial charge in [0.1, 0.15) is 0 Å². The molecule has 0 atom stereocenters. The van der Waals surface area contributed by atoms with Gasteiger partial charge in [0.05, 0.1) is 15.5 Å². The van der Waals surface area contributed by atoms with E-state index in [-0.39, 0.29) is 6.54 Å². The van der Waals surface area contributed by atoms with E-state index < -0.39 is 17.3 Å². The Kier molecular flexibility index (Phi) is 5.60. The van der Waals surface area contributed by atoms with E-state index in [4.69, 9.17) is 28.3 Å². The molecule has 1 aromatic rings. The molecule has 0 saturated heterocycles. The molecule has 0 radical (unpaired) electrons. The molecule has 1 aromatic carbocycles. The van der Waals surface area contributed by atoms with Crippen molar-refractivity contribution in [2.75, 3.05) is 6.54 Å². The van der Waals surface area contributed by atoms with Crippen molar-refractivity contribution >= 4 is 41.2 Å². The largest absolute Gasteiger partial charge is 0.481 e. The monoisotopic (exact) mass is 315 g/mol. The molecule has 0 fully saturated rings. The molecular formula is C14H15Cl2NO3. The molecule has 0 aliphatic rings. The number of hydrogen-bond donors (Lipinski definition) is 2. The summed E-state index contributed by atoms with van der Waals surface area (Å²) < 4.78 is 0. The maximum absolute atomic E-state index is 11.6. The number of amides is 1. The zero-order valence-electron chi connectivity index (χ0n) is 11.1. The molecule has 0 heterocycles. The third-order valence-electron chi connectivity index (χ3n) is 2.68. The van der Waals surface area contributed by atoms with Gasteiger partial charge in [-0.3, -0.25) is 9.59 Å². The van der Waals surface area contributed by atoms with Gasteiger partial charge in [0.2, 0.25) is 5.91 Å². The maximum atomic E-state index is 11.6. The van der Waals surface area contributed by atoms with Crippen molar-refractivity contribution in [2.45, 2.75) is 13.8 Å². The second kappa shape index (κ2) is 6.77. The van der Waals surface area contributed by atoms with Gasteiger partial charge in [-0.1, -0.05) is 35.3 Å². The fraction of sp³-hybridized carbons (Fsp3) is 0.286. The Bertz CT molecular complexity index is 553. The van der Waals surface area contributed by atoms with Crippen LogP contribution < -0.4 is 5.32 Å². The average Bonchev–Trinajstić information content (AvgIpc) is 2.38. The van der Waals surface area contributed by atoms with Crippen LogP contribution in [0, 0.1) is 5.41 Å². The zero-order valence-corrected chi connectivity index (χ0v) is 12.6. The number of carboxylic acid groups (broad SMARTS) is 1. The van der Waals surface area contributed by atoms with Crippen LogP contribution in [0.5, 0.6) is 0 Å². The Labute approximate surface area is 127 Å². The number of rotatable bonds is 5. The fourth-order valence-corrected chi connectivity index (χ4v) is 1.63. The predicted octanol–water partition coefficient (Wildman–Crippen LogP) is 3.23. The number of benzene rings is 1. The average molecular weight is 316 g/mol. The number of nitrogens with one attached hydrogen (secondary N) is 1. The van der Waals surface area contributed by atoms with Gasteiger partial charge in [0.15, 0.2) is 0 Å². The van der Waals surface area contributed by atoms with Crippen LogP contribution in [0.25, 0.3) is 6.08 Å². The molecule has 6 heteroatoms. The molecule has 0 unspecified atom stereocenters. The predicted molar refractivity (Wildman–Crippen MR) is 79.9 cm³/mol. The second-order valence-electron chi connectivity index (χ2n) is 4.88. The zero-order chi connectivity index (χ0) is 15.3. The van der Waals surface area contributed by atoms with Crippen molar-refractivity contribution < 1.29 is 14.7 Å². The van der Waals surface area contributed by atoms with E-state index >= 15 is 0 Å². The van der Waals surface area contributed by atoms with E-state index in [1.54, 1.807) is 18.2 Å². The van der Waals surface area contributed by atoms with Gasteiger partial charge in [-0.25, -0.2) is 0 Å². The Morgan fingerprint density at radius 2 is 2.00 bits per heavy atom. The second-order valence-corrected chi connectivity index (χ2v) is 5.67. The summed E-state index contributed by atoms with van der Waals surface area (Å²) in [5.74, 6) is -1.37. The number of aliphatic carboxylic acids is 1. The van der Waals surface area contributed by atoms with Gasteiger partial charge in [-0.05, 0) is 31.6 Å². The summed E-state index contributed by atoms with van der Waals surface area (Å²) in [6.45, 7) is 3.11. The Morgan fingerprint density at radius 1 is 1.35 bits per heavy atom. The highest BCUT2D eigenvalue weighted by Crippen LogP contribution is 2.26. The Hall–Kier alpha value is -1.52. The lowest BCUT2D eigenvalue weighted by Crippen LogP contribution is -2.38. The number of hydrogen-bond acceptors (Lipinski definition) is 2. The lowest BCUT2D eigenvalue weighted by molar-refractivity contribution is -0.146. The van der Waals surface area contributed by atoms with Crippen LogP contribution in [-0.4, -0.2) is 23.5 Å². The molecule has 0 saturated carbocycles. The van der Waals surface area contributed by atoms with Gasteiger partial charge < -0.3 is 10.4 Å². The lowest BCUT2D eigenvalue weighted by Gasteiger charge is -2.18. The lowest BCUT2D eigenvalue weighted by atomic mass is 9.94. The highest BCUT2D eigenvalue weighted by Gasteiger charge is 2.27. The molecule has 0 aliphatic heterocycles. The van der Waals surface area contributed by atoms with Crippen molar-refractivity contribution in [1.82, 2.24) is 5.32 Å². The maximum Gasteiger partial charge on any atom is 0.310 e. The first-order valence-corrected chi connectivity index (χ1v) is 6.63. The minimum Gasteiger partial charge on any atom is -0.481 e. The fourth-order valence-electron chi connectivity index (χ4n) is 1.26. The molecule has 0 spiro atoms. The van der Waals surface area contributed by atoms with Gasteiger partial charge in [0, 0.05) is 12.6 Å². The number of carbonyl (C=O) groups is 2. The number of halogens is 2. The first-order chi connectivity index (χ1) is 9.24. The molecule has 2 N–H and O–H groups in total. The first-order valence-electron chi connectivity index (χ1n) is 5.87.